The van der Waals surface area contributed by atoms with E-state index in [0.29, 0.717) is 13.2 Å². The van der Waals surface area contributed by atoms with Gasteiger partial charge < -0.3 is 10.1 Å². The highest BCUT2D eigenvalue weighted by Crippen LogP contribution is 2.27. The third-order valence-corrected chi connectivity index (χ3v) is 4.94. The van der Waals surface area contributed by atoms with Crippen LogP contribution in [0.25, 0.3) is 0 Å². The maximum Gasteiger partial charge on any atom is 0.227 e. The first-order valence-corrected chi connectivity index (χ1v) is 8.06. The molecule has 1 aromatic heterocycles. The zero-order valence-corrected chi connectivity index (χ0v) is 13.2. The number of hydrogen-bond donors (Lipinski definition) is 1. The second-order valence-electron chi connectivity index (χ2n) is 4.74. The van der Waals surface area contributed by atoms with E-state index in [9.17, 15) is 4.79 Å². The average Bonchev–Trinajstić information content (AvgIpc) is 2.90. The fourth-order valence-corrected chi connectivity index (χ4v) is 3.68. The average molecular weight is 352 g/mol. The summed E-state index contributed by atoms with van der Waals surface area (Å²) in [6, 6.07) is 11.9. The first kappa shape index (κ1) is 13.6. The van der Waals surface area contributed by atoms with Gasteiger partial charge in [-0.05, 0) is 46.1 Å². The maximum absolute atomic E-state index is 12.2. The minimum atomic E-state index is -0.103. The lowest BCUT2D eigenvalue weighted by molar-refractivity contribution is -0.126. The molecule has 20 heavy (non-hydrogen) atoms. The molecule has 0 radical (unpaired) electrons. The molecule has 0 saturated heterocycles. The van der Waals surface area contributed by atoms with Crippen molar-refractivity contribution in [3.63, 3.8) is 0 Å². The third-order valence-electron chi connectivity index (χ3n) is 3.32. The molecule has 1 N–H and O–H groups in total. The quantitative estimate of drug-likeness (QED) is 0.920. The molecule has 1 atom stereocenters. The van der Waals surface area contributed by atoms with Crippen molar-refractivity contribution in [2.75, 3.05) is 6.61 Å². The van der Waals surface area contributed by atoms with Gasteiger partial charge in [-0.3, -0.25) is 4.79 Å². The lowest BCUT2D eigenvalue weighted by Gasteiger charge is -2.24. The second-order valence-corrected chi connectivity index (χ2v) is 7.29. The molecule has 0 spiro atoms. The number of para-hydroxylation sites is 1. The molecule has 1 aliphatic heterocycles. The summed E-state index contributed by atoms with van der Waals surface area (Å²) in [5, 5.41) is 2.98. The highest BCUT2D eigenvalue weighted by Gasteiger charge is 2.25. The molecule has 0 bridgehead atoms. The molecule has 1 aromatic carbocycles. The smallest absolute Gasteiger partial charge is 0.227 e. The number of rotatable bonds is 3. The predicted octanol–water partition coefficient (Wildman–Crippen LogP) is 3.38. The summed E-state index contributed by atoms with van der Waals surface area (Å²) in [4.78, 5) is 13.3. The molecule has 2 heterocycles. The van der Waals surface area contributed by atoms with Gasteiger partial charge in [0.05, 0.1) is 16.2 Å². The van der Waals surface area contributed by atoms with Crippen molar-refractivity contribution in [1.29, 1.82) is 0 Å². The largest absolute Gasteiger partial charge is 0.492 e. The Bertz CT molecular complexity index is 626. The van der Waals surface area contributed by atoms with Gasteiger partial charge in [0.15, 0.2) is 0 Å². The minimum absolute atomic E-state index is 0.0593. The first-order valence-electron chi connectivity index (χ1n) is 6.45. The summed E-state index contributed by atoms with van der Waals surface area (Å²) in [6.45, 7) is 1.03. The monoisotopic (exact) mass is 351 g/mol. The molecule has 104 valence electrons. The molecule has 0 aliphatic carbocycles. The Morgan fingerprint density at radius 3 is 3.00 bits per heavy atom. The summed E-state index contributed by atoms with van der Waals surface area (Å²) < 4.78 is 6.73. The van der Waals surface area contributed by atoms with E-state index in [-0.39, 0.29) is 11.8 Å². The Labute approximate surface area is 130 Å². The Balaban J connectivity index is 1.59. The van der Waals surface area contributed by atoms with Crippen LogP contribution in [0.15, 0.2) is 40.2 Å². The van der Waals surface area contributed by atoms with E-state index in [1.54, 1.807) is 11.3 Å². The number of amides is 1. The van der Waals surface area contributed by atoms with Gasteiger partial charge in [-0.1, -0.05) is 18.2 Å². The summed E-state index contributed by atoms with van der Waals surface area (Å²) in [5.74, 6) is 0.857. The van der Waals surface area contributed by atoms with E-state index >= 15 is 0 Å². The van der Waals surface area contributed by atoms with E-state index in [0.717, 1.165) is 26.4 Å². The molecule has 3 nitrogen and oxygen atoms in total. The van der Waals surface area contributed by atoms with Crippen LogP contribution in [0.2, 0.25) is 0 Å². The summed E-state index contributed by atoms with van der Waals surface area (Å²) in [6.07, 6.45) is 0.746. The topological polar surface area (TPSA) is 38.3 Å². The lowest BCUT2D eigenvalue weighted by Crippen LogP contribution is -2.36. The standard InChI is InChI=1S/C15H14BrNO2S/c16-14-6-5-12(20-14)8-17-15(18)11-7-10-3-1-2-4-13(10)19-9-11/h1-6,11H,7-9H2,(H,17,18). The molecular formula is C15H14BrNO2S. The van der Waals surface area contributed by atoms with Gasteiger partial charge in [-0.25, -0.2) is 0 Å². The Morgan fingerprint density at radius 2 is 2.20 bits per heavy atom. The summed E-state index contributed by atoms with van der Waals surface area (Å²) in [7, 11) is 0. The summed E-state index contributed by atoms with van der Waals surface area (Å²) in [5.41, 5.74) is 1.11. The number of halogens is 1. The van der Waals surface area contributed by atoms with Gasteiger partial charge in [-0.2, -0.15) is 0 Å². The van der Waals surface area contributed by atoms with Crippen molar-refractivity contribution < 1.29 is 9.53 Å². The van der Waals surface area contributed by atoms with Crippen molar-refractivity contribution in [3.05, 3.63) is 50.6 Å². The number of benzene rings is 1. The van der Waals surface area contributed by atoms with E-state index in [1.807, 2.05) is 36.4 Å². The zero-order valence-electron chi connectivity index (χ0n) is 10.8. The van der Waals surface area contributed by atoms with Gasteiger partial charge >= 0.3 is 0 Å². The van der Waals surface area contributed by atoms with Crippen LogP contribution in [0, 0.1) is 5.92 Å². The number of hydrogen-bond acceptors (Lipinski definition) is 3. The van der Waals surface area contributed by atoms with Crippen LogP contribution in [-0.4, -0.2) is 12.5 Å². The molecule has 3 rings (SSSR count). The number of fused-ring (bicyclic) bond motifs is 1. The number of carbonyl (C=O) groups is 1. The Morgan fingerprint density at radius 1 is 1.35 bits per heavy atom. The molecule has 0 fully saturated rings. The van der Waals surface area contributed by atoms with Crippen molar-refractivity contribution in [2.45, 2.75) is 13.0 Å². The van der Waals surface area contributed by atoms with E-state index in [4.69, 9.17) is 4.74 Å². The van der Waals surface area contributed by atoms with Crippen molar-refractivity contribution >= 4 is 33.2 Å². The Kier molecular flexibility index (Phi) is 4.08. The third kappa shape index (κ3) is 3.04. The number of ether oxygens (including phenoxy) is 1. The highest BCUT2D eigenvalue weighted by molar-refractivity contribution is 9.11. The van der Waals surface area contributed by atoms with Gasteiger partial charge in [0.2, 0.25) is 5.91 Å². The van der Waals surface area contributed by atoms with Gasteiger partial charge in [0.25, 0.3) is 0 Å². The fraction of sp³-hybridized carbons (Fsp3) is 0.267. The Hall–Kier alpha value is -1.33. The maximum atomic E-state index is 12.2. The van der Waals surface area contributed by atoms with Crippen LogP contribution >= 0.6 is 27.3 Å². The molecule has 1 unspecified atom stereocenters. The zero-order chi connectivity index (χ0) is 13.9. The lowest BCUT2D eigenvalue weighted by atomic mass is 9.96. The number of carbonyl (C=O) groups excluding carboxylic acids is 1. The van der Waals surface area contributed by atoms with Gasteiger partial charge in [0, 0.05) is 4.88 Å². The van der Waals surface area contributed by atoms with Crippen LogP contribution in [0.3, 0.4) is 0 Å². The molecule has 2 aromatic rings. The van der Waals surface area contributed by atoms with E-state index in [2.05, 4.69) is 21.2 Å². The molecular weight excluding hydrogens is 338 g/mol. The molecule has 5 heteroatoms. The molecule has 1 aliphatic rings. The molecule has 0 saturated carbocycles. The fourth-order valence-electron chi connectivity index (χ4n) is 2.26. The van der Waals surface area contributed by atoms with Crippen LogP contribution in [-0.2, 0) is 17.8 Å². The summed E-state index contributed by atoms with van der Waals surface area (Å²) >= 11 is 5.06. The predicted molar refractivity (Wildman–Crippen MR) is 83.0 cm³/mol. The highest BCUT2D eigenvalue weighted by atomic mass is 79.9. The van der Waals surface area contributed by atoms with Crippen molar-refractivity contribution in [1.82, 2.24) is 5.32 Å². The van der Waals surface area contributed by atoms with Gasteiger partial charge in [-0.15, -0.1) is 11.3 Å². The number of nitrogens with one attached hydrogen (secondary N) is 1. The minimum Gasteiger partial charge on any atom is -0.492 e. The van der Waals surface area contributed by atoms with Crippen LogP contribution in [0.1, 0.15) is 10.4 Å². The number of thiophene rings is 1. The SMILES string of the molecule is O=C(NCc1ccc(Br)s1)C1COc2ccccc2C1. The van der Waals surface area contributed by atoms with Crippen LogP contribution in [0.4, 0.5) is 0 Å². The first-order chi connectivity index (χ1) is 9.72. The van der Waals surface area contributed by atoms with Crippen molar-refractivity contribution in [2.24, 2.45) is 5.92 Å². The molecule has 1 amide bonds. The van der Waals surface area contributed by atoms with Crippen LogP contribution < -0.4 is 10.1 Å². The van der Waals surface area contributed by atoms with E-state index in [1.165, 1.54) is 0 Å². The van der Waals surface area contributed by atoms with Crippen molar-refractivity contribution in [3.8, 4) is 5.75 Å². The normalized spacial score (nSPS) is 17.1. The second kappa shape index (κ2) is 5.97. The van der Waals surface area contributed by atoms with Gasteiger partial charge in [0.1, 0.15) is 12.4 Å². The van der Waals surface area contributed by atoms with E-state index < -0.39 is 0 Å². The van der Waals surface area contributed by atoms with Crippen LogP contribution in [0.5, 0.6) is 5.75 Å².